The highest BCUT2D eigenvalue weighted by Crippen LogP contribution is 2.26. The van der Waals surface area contributed by atoms with Crippen molar-refractivity contribution >= 4 is 0 Å². The molecule has 0 amide bonds. The van der Waals surface area contributed by atoms with Gasteiger partial charge in [-0.1, -0.05) is 36.4 Å². The molecule has 0 heterocycles. The Bertz CT molecular complexity index is 472. The maximum Gasteiger partial charge on any atom is 0.126 e. The Kier molecular flexibility index (Phi) is 2.55. The van der Waals surface area contributed by atoms with Crippen LogP contribution < -0.4 is 0 Å². The summed E-state index contributed by atoms with van der Waals surface area (Å²) in [5.74, 6) is -0.132. The molecule has 76 valence electrons. The molecule has 0 fully saturated rings. The van der Waals surface area contributed by atoms with Gasteiger partial charge in [-0.3, -0.25) is 0 Å². The Balaban J connectivity index is 2.60. The second kappa shape index (κ2) is 3.85. The lowest BCUT2D eigenvalue weighted by Crippen LogP contribution is -1.91. The molecule has 0 spiro atoms. The van der Waals surface area contributed by atoms with E-state index in [1.54, 1.807) is 0 Å². The summed E-state index contributed by atoms with van der Waals surface area (Å²) in [6.07, 6.45) is 0. The van der Waals surface area contributed by atoms with Crippen LogP contribution >= 0.6 is 0 Å². The summed E-state index contributed by atoms with van der Waals surface area (Å²) in [5.41, 5.74) is 3.99. The predicted molar refractivity (Wildman–Crippen MR) is 61.3 cm³/mol. The van der Waals surface area contributed by atoms with Crippen molar-refractivity contribution in [1.29, 1.82) is 0 Å². The Morgan fingerprint density at radius 2 is 1.47 bits per heavy atom. The third-order valence-corrected chi connectivity index (χ3v) is 2.81. The van der Waals surface area contributed by atoms with E-state index in [1.165, 1.54) is 6.07 Å². The first-order valence-corrected chi connectivity index (χ1v) is 5.01. The summed E-state index contributed by atoms with van der Waals surface area (Å²) < 4.78 is 13.3. The van der Waals surface area contributed by atoms with E-state index in [-0.39, 0.29) is 5.82 Å². The fourth-order valence-corrected chi connectivity index (χ4v) is 1.72. The van der Waals surface area contributed by atoms with Gasteiger partial charge in [-0.25, -0.2) is 4.39 Å². The molecule has 2 aromatic rings. The average molecular weight is 200 g/mol. The van der Waals surface area contributed by atoms with Gasteiger partial charge in [0.05, 0.1) is 0 Å². The molecule has 0 nitrogen and oxygen atoms in total. The molecule has 0 aliphatic heterocycles. The minimum Gasteiger partial charge on any atom is -0.207 e. The molecule has 0 bridgehead atoms. The normalized spacial score (nSPS) is 10.3. The van der Waals surface area contributed by atoms with Crippen molar-refractivity contribution in [1.82, 2.24) is 0 Å². The lowest BCUT2D eigenvalue weighted by molar-refractivity contribution is 0.617. The van der Waals surface area contributed by atoms with Gasteiger partial charge in [-0.05, 0) is 42.2 Å². The molecule has 0 unspecified atom stereocenters. The van der Waals surface area contributed by atoms with Crippen LogP contribution in [0.3, 0.4) is 0 Å². The minimum absolute atomic E-state index is 0.132. The van der Waals surface area contributed by atoms with Gasteiger partial charge in [-0.15, -0.1) is 0 Å². The Morgan fingerprint density at radius 1 is 0.800 bits per heavy atom. The summed E-state index contributed by atoms with van der Waals surface area (Å²) in [7, 11) is 0. The SMILES string of the molecule is Cc1c(F)ccc(-c2ccccc2)c1C. The van der Waals surface area contributed by atoms with Crippen LogP contribution in [0, 0.1) is 19.7 Å². The molecular weight excluding hydrogens is 187 g/mol. The summed E-state index contributed by atoms with van der Waals surface area (Å²) in [6.45, 7) is 3.78. The number of hydrogen-bond donors (Lipinski definition) is 0. The van der Waals surface area contributed by atoms with Crippen molar-refractivity contribution in [3.63, 3.8) is 0 Å². The Morgan fingerprint density at radius 3 is 2.13 bits per heavy atom. The quantitative estimate of drug-likeness (QED) is 0.649. The van der Waals surface area contributed by atoms with Crippen molar-refractivity contribution < 1.29 is 4.39 Å². The highest BCUT2D eigenvalue weighted by Gasteiger charge is 2.06. The zero-order valence-electron chi connectivity index (χ0n) is 8.92. The Hall–Kier alpha value is -1.63. The van der Waals surface area contributed by atoms with Crippen LogP contribution in [0.4, 0.5) is 4.39 Å². The van der Waals surface area contributed by atoms with Crippen LogP contribution in [0.25, 0.3) is 11.1 Å². The monoisotopic (exact) mass is 200 g/mol. The first-order chi connectivity index (χ1) is 7.20. The lowest BCUT2D eigenvalue weighted by atomic mass is 9.97. The summed E-state index contributed by atoms with van der Waals surface area (Å²) in [4.78, 5) is 0. The average Bonchev–Trinajstić information content (AvgIpc) is 2.27. The number of benzene rings is 2. The second-order valence-electron chi connectivity index (χ2n) is 3.71. The van der Waals surface area contributed by atoms with Gasteiger partial charge >= 0.3 is 0 Å². The zero-order chi connectivity index (χ0) is 10.8. The van der Waals surface area contributed by atoms with Crippen LogP contribution in [-0.4, -0.2) is 0 Å². The van der Waals surface area contributed by atoms with Gasteiger partial charge in [0.1, 0.15) is 5.82 Å². The zero-order valence-corrected chi connectivity index (χ0v) is 8.92. The third-order valence-electron chi connectivity index (χ3n) is 2.81. The first kappa shape index (κ1) is 9.91. The fourth-order valence-electron chi connectivity index (χ4n) is 1.72. The van der Waals surface area contributed by atoms with Crippen LogP contribution in [0.5, 0.6) is 0 Å². The molecular formula is C14H13F. The largest absolute Gasteiger partial charge is 0.207 e. The van der Waals surface area contributed by atoms with E-state index in [0.29, 0.717) is 0 Å². The van der Waals surface area contributed by atoms with Crippen molar-refractivity contribution in [2.45, 2.75) is 13.8 Å². The summed E-state index contributed by atoms with van der Waals surface area (Å²) >= 11 is 0. The highest BCUT2D eigenvalue weighted by atomic mass is 19.1. The van der Waals surface area contributed by atoms with E-state index in [9.17, 15) is 4.39 Å². The van der Waals surface area contributed by atoms with Crippen molar-refractivity contribution in [3.8, 4) is 11.1 Å². The molecule has 15 heavy (non-hydrogen) atoms. The number of hydrogen-bond acceptors (Lipinski definition) is 0. The van der Waals surface area contributed by atoms with Crippen LogP contribution in [0.15, 0.2) is 42.5 Å². The Labute approximate surface area is 89.4 Å². The van der Waals surface area contributed by atoms with E-state index in [4.69, 9.17) is 0 Å². The van der Waals surface area contributed by atoms with E-state index >= 15 is 0 Å². The van der Waals surface area contributed by atoms with E-state index in [1.807, 2.05) is 50.2 Å². The van der Waals surface area contributed by atoms with Crippen molar-refractivity contribution in [3.05, 3.63) is 59.4 Å². The van der Waals surface area contributed by atoms with Gasteiger partial charge < -0.3 is 0 Å². The van der Waals surface area contributed by atoms with Crippen molar-refractivity contribution in [2.75, 3.05) is 0 Å². The van der Waals surface area contributed by atoms with E-state index < -0.39 is 0 Å². The molecule has 0 aliphatic carbocycles. The smallest absolute Gasteiger partial charge is 0.126 e. The van der Waals surface area contributed by atoms with Gasteiger partial charge in [0.2, 0.25) is 0 Å². The molecule has 1 heteroatoms. The number of rotatable bonds is 1. The standard InChI is InChI=1S/C14H13F/c1-10-11(2)14(15)9-8-13(10)12-6-4-3-5-7-12/h3-9H,1-2H3. The minimum atomic E-state index is -0.132. The molecule has 0 radical (unpaired) electrons. The summed E-state index contributed by atoms with van der Waals surface area (Å²) in [6, 6.07) is 13.4. The highest BCUT2D eigenvalue weighted by molar-refractivity contribution is 5.68. The molecule has 0 aliphatic rings. The maximum absolute atomic E-state index is 13.3. The second-order valence-corrected chi connectivity index (χ2v) is 3.71. The van der Waals surface area contributed by atoms with Crippen LogP contribution in [0.2, 0.25) is 0 Å². The van der Waals surface area contributed by atoms with Crippen LogP contribution in [0.1, 0.15) is 11.1 Å². The molecule has 0 saturated heterocycles. The molecule has 0 saturated carbocycles. The molecule has 0 aromatic heterocycles. The van der Waals surface area contributed by atoms with Gasteiger partial charge in [0.15, 0.2) is 0 Å². The molecule has 0 N–H and O–H groups in total. The molecule has 0 atom stereocenters. The lowest BCUT2D eigenvalue weighted by Gasteiger charge is -2.09. The maximum atomic E-state index is 13.3. The van der Waals surface area contributed by atoms with Crippen LogP contribution in [-0.2, 0) is 0 Å². The predicted octanol–water partition coefficient (Wildman–Crippen LogP) is 4.11. The van der Waals surface area contributed by atoms with E-state index in [0.717, 1.165) is 22.3 Å². The van der Waals surface area contributed by atoms with Gasteiger partial charge in [0.25, 0.3) is 0 Å². The van der Waals surface area contributed by atoms with Crippen molar-refractivity contribution in [2.24, 2.45) is 0 Å². The molecule has 2 rings (SSSR count). The summed E-state index contributed by atoms with van der Waals surface area (Å²) in [5, 5.41) is 0. The van der Waals surface area contributed by atoms with E-state index in [2.05, 4.69) is 0 Å². The van der Waals surface area contributed by atoms with Gasteiger partial charge in [0, 0.05) is 0 Å². The first-order valence-electron chi connectivity index (χ1n) is 5.01. The molecule has 2 aromatic carbocycles. The number of halogens is 1. The third kappa shape index (κ3) is 1.78. The topological polar surface area (TPSA) is 0 Å². The van der Waals surface area contributed by atoms with Gasteiger partial charge in [-0.2, -0.15) is 0 Å². The fraction of sp³-hybridized carbons (Fsp3) is 0.143.